The molecule has 0 saturated heterocycles. The summed E-state index contributed by atoms with van der Waals surface area (Å²) in [5.41, 5.74) is 6.67. The topological polar surface area (TPSA) is 101 Å². The van der Waals surface area contributed by atoms with Crippen molar-refractivity contribution in [3.8, 4) is 11.3 Å². The molecule has 0 bridgehead atoms. The second-order valence-corrected chi connectivity index (χ2v) is 9.77. The number of benzene rings is 2. The Balaban J connectivity index is 1.41. The molecule has 8 heteroatoms. The first-order valence-electron chi connectivity index (χ1n) is 12.7. The fraction of sp³-hybridized carbons (Fsp3) is 0.194. The molecule has 3 heterocycles. The summed E-state index contributed by atoms with van der Waals surface area (Å²) in [7, 11) is 1.72. The summed E-state index contributed by atoms with van der Waals surface area (Å²) in [5.74, 6) is 0.192. The van der Waals surface area contributed by atoms with E-state index in [9.17, 15) is 9.59 Å². The largest absolute Gasteiger partial charge is 0.359 e. The Hall–Kier alpha value is -4.85. The average molecular weight is 520 g/mol. The van der Waals surface area contributed by atoms with Crippen LogP contribution in [0.3, 0.4) is 0 Å². The van der Waals surface area contributed by atoms with Gasteiger partial charge in [-0.15, -0.1) is 0 Å². The van der Waals surface area contributed by atoms with E-state index in [4.69, 9.17) is 9.51 Å². The quantitative estimate of drug-likeness (QED) is 0.283. The van der Waals surface area contributed by atoms with Gasteiger partial charge < -0.3 is 14.7 Å². The minimum Gasteiger partial charge on any atom is -0.359 e. The molecule has 0 aliphatic heterocycles. The van der Waals surface area contributed by atoms with Crippen molar-refractivity contribution in [3.05, 3.63) is 107 Å². The van der Waals surface area contributed by atoms with Gasteiger partial charge in [-0.05, 0) is 81.8 Å². The average Bonchev–Trinajstić information content (AvgIpc) is 3.38. The Labute approximate surface area is 226 Å². The summed E-state index contributed by atoms with van der Waals surface area (Å²) in [6, 6.07) is 18.0. The number of aromatic nitrogens is 3. The number of anilines is 1. The fourth-order valence-corrected chi connectivity index (χ4v) is 4.58. The monoisotopic (exact) mass is 519 g/mol. The van der Waals surface area contributed by atoms with Crippen LogP contribution in [0, 0.1) is 20.8 Å². The first kappa shape index (κ1) is 25.8. The molecule has 0 fully saturated rings. The first-order valence-corrected chi connectivity index (χ1v) is 12.7. The lowest BCUT2D eigenvalue weighted by Crippen LogP contribution is -2.29. The molecule has 0 spiro atoms. The number of amides is 2. The van der Waals surface area contributed by atoms with E-state index < -0.39 is 0 Å². The van der Waals surface area contributed by atoms with Crippen molar-refractivity contribution in [2.45, 2.75) is 33.7 Å². The van der Waals surface area contributed by atoms with Gasteiger partial charge in [0.15, 0.2) is 5.76 Å². The van der Waals surface area contributed by atoms with Crippen LogP contribution in [0.1, 0.15) is 56.3 Å². The highest BCUT2D eigenvalue weighted by atomic mass is 16.5. The van der Waals surface area contributed by atoms with Gasteiger partial charge >= 0.3 is 0 Å². The summed E-state index contributed by atoms with van der Waals surface area (Å²) < 4.78 is 5.32. The van der Waals surface area contributed by atoms with Crippen LogP contribution in [-0.2, 0) is 0 Å². The van der Waals surface area contributed by atoms with E-state index in [1.165, 1.54) is 0 Å². The van der Waals surface area contributed by atoms with Gasteiger partial charge in [-0.2, -0.15) is 0 Å². The van der Waals surface area contributed by atoms with Crippen LogP contribution in [0.25, 0.3) is 22.2 Å². The van der Waals surface area contributed by atoms with Crippen molar-refractivity contribution in [1.29, 1.82) is 0 Å². The second-order valence-electron chi connectivity index (χ2n) is 9.77. The van der Waals surface area contributed by atoms with E-state index in [0.717, 1.165) is 33.3 Å². The molecule has 1 N–H and O–H groups in total. The summed E-state index contributed by atoms with van der Waals surface area (Å²) in [4.78, 5) is 37.3. The third kappa shape index (κ3) is 5.27. The van der Waals surface area contributed by atoms with Gasteiger partial charge in [0.05, 0.1) is 28.5 Å². The van der Waals surface area contributed by atoms with Crippen LogP contribution in [0.2, 0.25) is 0 Å². The number of rotatable bonds is 6. The Morgan fingerprint density at radius 2 is 1.77 bits per heavy atom. The zero-order valence-corrected chi connectivity index (χ0v) is 22.5. The lowest BCUT2D eigenvalue weighted by molar-refractivity contribution is 0.0720. The summed E-state index contributed by atoms with van der Waals surface area (Å²) in [6.45, 7) is 7.72. The summed E-state index contributed by atoms with van der Waals surface area (Å²) in [5, 5.41) is 7.67. The maximum atomic E-state index is 13.6. The molecule has 2 amide bonds. The van der Waals surface area contributed by atoms with Gasteiger partial charge in [0.1, 0.15) is 0 Å². The minimum absolute atomic E-state index is 0.165. The Bertz CT molecular complexity index is 1680. The van der Waals surface area contributed by atoms with Crippen LogP contribution in [0.15, 0.2) is 77.6 Å². The van der Waals surface area contributed by atoms with Crippen molar-refractivity contribution in [2.24, 2.45) is 0 Å². The van der Waals surface area contributed by atoms with E-state index >= 15 is 0 Å². The lowest BCUT2D eigenvalue weighted by Gasteiger charge is -2.23. The number of nitrogens with zero attached hydrogens (tertiary/aromatic N) is 4. The van der Waals surface area contributed by atoms with Crippen LogP contribution < -0.4 is 5.32 Å². The standard InChI is InChI=1S/C31H29N5O3/c1-18-13-19(2)29-25(14-18)26(16-27(34-29)23-7-6-12-32-17-23)30(37)33-24-10-8-22(9-11-24)31(38)36(5)21(4)28-15-20(3)35-39-28/h6-17,21H,1-5H3,(H,33,37)/t21-/m1/s1. The SMILES string of the molecule is Cc1cc(C)c2nc(-c3cccnc3)cc(C(=O)Nc3ccc(C(=O)N(C)[C@H](C)c4cc(C)no4)cc3)c2c1. The molecule has 1 atom stereocenters. The molecule has 0 saturated carbocycles. The Morgan fingerprint density at radius 3 is 2.44 bits per heavy atom. The third-order valence-electron chi connectivity index (χ3n) is 6.80. The smallest absolute Gasteiger partial charge is 0.256 e. The van der Waals surface area contributed by atoms with Crippen LogP contribution in [0.5, 0.6) is 0 Å². The maximum Gasteiger partial charge on any atom is 0.256 e. The van der Waals surface area contributed by atoms with Gasteiger partial charge in [-0.3, -0.25) is 14.6 Å². The van der Waals surface area contributed by atoms with E-state index in [1.54, 1.807) is 54.7 Å². The van der Waals surface area contributed by atoms with E-state index in [-0.39, 0.29) is 17.9 Å². The second kappa shape index (κ2) is 10.5. The van der Waals surface area contributed by atoms with Crippen molar-refractivity contribution in [3.63, 3.8) is 0 Å². The van der Waals surface area contributed by atoms with Crippen molar-refractivity contribution in [2.75, 3.05) is 12.4 Å². The molecule has 3 aromatic heterocycles. The van der Waals surface area contributed by atoms with Gasteiger partial charge in [-0.1, -0.05) is 16.8 Å². The molecule has 0 aliphatic rings. The molecule has 196 valence electrons. The maximum absolute atomic E-state index is 13.6. The molecule has 0 radical (unpaired) electrons. The number of pyridine rings is 2. The molecular weight excluding hydrogens is 490 g/mol. The van der Waals surface area contributed by atoms with Crippen LogP contribution >= 0.6 is 0 Å². The normalized spacial score (nSPS) is 11.8. The number of nitrogens with one attached hydrogen (secondary N) is 1. The summed E-state index contributed by atoms with van der Waals surface area (Å²) >= 11 is 0. The van der Waals surface area contributed by atoms with Crippen molar-refractivity contribution in [1.82, 2.24) is 20.0 Å². The molecule has 5 aromatic rings. The molecule has 8 nitrogen and oxygen atoms in total. The number of hydrogen-bond donors (Lipinski definition) is 1. The third-order valence-corrected chi connectivity index (χ3v) is 6.80. The first-order chi connectivity index (χ1) is 18.7. The number of hydrogen-bond acceptors (Lipinski definition) is 6. The van der Waals surface area contributed by atoms with E-state index in [0.29, 0.717) is 28.3 Å². The van der Waals surface area contributed by atoms with Gasteiger partial charge in [0.25, 0.3) is 11.8 Å². The molecule has 0 unspecified atom stereocenters. The molecule has 5 rings (SSSR count). The van der Waals surface area contributed by atoms with Crippen LogP contribution in [0.4, 0.5) is 5.69 Å². The van der Waals surface area contributed by atoms with Gasteiger partial charge in [0, 0.05) is 47.7 Å². The highest BCUT2D eigenvalue weighted by Crippen LogP contribution is 2.29. The van der Waals surface area contributed by atoms with Crippen molar-refractivity contribution < 1.29 is 14.1 Å². The zero-order chi connectivity index (χ0) is 27.7. The number of aryl methyl sites for hydroxylation is 3. The zero-order valence-electron chi connectivity index (χ0n) is 22.5. The Morgan fingerprint density at radius 1 is 1.00 bits per heavy atom. The Kier molecular flexibility index (Phi) is 6.94. The predicted molar refractivity (Wildman–Crippen MR) is 151 cm³/mol. The lowest BCUT2D eigenvalue weighted by atomic mass is 9.99. The molecule has 0 aliphatic carbocycles. The van der Waals surface area contributed by atoms with Crippen LogP contribution in [-0.4, -0.2) is 38.9 Å². The molecular formula is C31H29N5O3. The number of fused-ring (bicyclic) bond motifs is 1. The highest BCUT2D eigenvalue weighted by molar-refractivity contribution is 6.13. The molecule has 2 aromatic carbocycles. The molecule has 39 heavy (non-hydrogen) atoms. The van der Waals surface area contributed by atoms with Gasteiger partial charge in [0.2, 0.25) is 0 Å². The fourth-order valence-electron chi connectivity index (χ4n) is 4.58. The van der Waals surface area contributed by atoms with Gasteiger partial charge in [-0.25, -0.2) is 4.98 Å². The minimum atomic E-state index is -0.279. The number of carbonyl (C=O) groups is 2. The summed E-state index contributed by atoms with van der Waals surface area (Å²) in [6.07, 6.45) is 3.44. The van der Waals surface area contributed by atoms with E-state index in [2.05, 4.69) is 21.5 Å². The predicted octanol–water partition coefficient (Wildman–Crippen LogP) is 6.30. The number of carbonyl (C=O) groups excluding carboxylic acids is 2. The van der Waals surface area contributed by atoms with E-state index in [1.807, 2.05) is 52.0 Å². The highest BCUT2D eigenvalue weighted by Gasteiger charge is 2.22. The van der Waals surface area contributed by atoms with Crippen molar-refractivity contribution >= 4 is 28.4 Å².